The number of fused-ring (bicyclic) bond motifs is 1. The smallest absolute Gasteiger partial charge is 0.110 e. The van der Waals surface area contributed by atoms with Gasteiger partial charge < -0.3 is 10.3 Å². The quantitative estimate of drug-likeness (QED) is 0.773. The zero-order valence-corrected chi connectivity index (χ0v) is 7.77. The molecule has 1 aromatic carbocycles. The molecular weight excluding hydrogens is 174 g/mol. The van der Waals surface area contributed by atoms with E-state index in [1.54, 1.807) is 0 Å². The Kier molecular flexibility index (Phi) is 2.21. The van der Waals surface area contributed by atoms with Crippen LogP contribution in [0.3, 0.4) is 0 Å². The number of nitriles is 1. The normalized spacial score (nSPS) is 10.3. The minimum atomic E-state index is 0.376. The van der Waals surface area contributed by atoms with Crippen molar-refractivity contribution in [3.8, 4) is 6.07 Å². The molecule has 0 aliphatic heterocycles. The molecule has 0 saturated heterocycles. The molecule has 1 aromatic heterocycles. The lowest BCUT2D eigenvalue weighted by Gasteiger charge is -2.04. The van der Waals surface area contributed by atoms with Gasteiger partial charge in [-0.05, 0) is 17.0 Å². The highest BCUT2D eigenvalue weighted by Gasteiger charge is 2.04. The molecule has 0 fully saturated rings. The van der Waals surface area contributed by atoms with Crippen LogP contribution in [0.4, 0.5) is 0 Å². The summed E-state index contributed by atoms with van der Waals surface area (Å²) in [7, 11) is 0. The first-order chi connectivity index (χ1) is 6.86. The highest BCUT2D eigenvalue weighted by molar-refractivity contribution is 5.83. The van der Waals surface area contributed by atoms with Gasteiger partial charge in [0, 0.05) is 12.7 Å². The Morgan fingerprint density at radius 1 is 1.36 bits per heavy atom. The molecule has 0 bridgehead atoms. The number of para-hydroxylation sites is 1. The SMILES string of the molecule is N#CCn1ccc2cccc(CN)c21. The van der Waals surface area contributed by atoms with E-state index in [9.17, 15) is 0 Å². The minimum Gasteiger partial charge on any atom is -0.333 e. The molecule has 0 amide bonds. The number of benzene rings is 1. The second-order valence-electron chi connectivity index (χ2n) is 3.16. The van der Waals surface area contributed by atoms with E-state index >= 15 is 0 Å². The first-order valence-electron chi connectivity index (χ1n) is 4.50. The zero-order valence-electron chi connectivity index (χ0n) is 7.77. The van der Waals surface area contributed by atoms with Gasteiger partial charge in [-0.15, -0.1) is 0 Å². The highest BCUT2D eigenvalue weighted by atomic mass is 15.0. The van der Waals surface area contributed by atoms with Crippen LogP contribution >= 0.6 is 0 Å². The van der Waals surface area contributed by atoms with Gasteiger partial charge in [-0.3, -0.25) is 0 Å². The summed E-state index contributed by atoms with van der Waals surface area (Å²) in [5, 5.41) is 9.80. The van der Waals surface area contributed by atoms with Crippen molar-refractivity contribution in [2.75, 3.05) is 0 Å². The number of nitrogens with zero attached hydrogens (tertiary/aromatic N) is 2. The summed E-state index contributed by atoms with van der Waals surface area (Å²) in [4.78, 5) is 0. The number of aromatic nitrogens is 1. The number of hydrogen-bond donors (Lipinski definition) is 1. The van der Waals surface area contributed by atoms with Gasteiger partial charge in [0.1, 0.15) is 6.54 Å². The van der Waals surface area contributed by atoms with Crippen LogP contribution in [0, 0.1) is 11.3 Å². The van der Waals surface area contributed by atoms with E-state index in [2.05, 4.69) is 6.07 Å². The Balaban J connectivity index is 2.69. The van der Waals surface area contributed by atoms with Crippen LogP contribution in [0.1, 0.15) is 5.56 Å². The predicted octanol–water partition coefficient (Wildman–Crippen LogP) is 1.62. The summed E-state index contributed by atoms with van der Waals surface area (Å²) in [6.07, 6.45) is 1.92. The van der Waals surface area contributed by atoms with Gasteiger partial charge in [0.05, 0.1) is 11.6 Å². The molecule has 0 atom stereocenters. The van der Waals surface area contributed by atoms with Crippen molar-refractivity contribution in [3.05, 3.63) is 36.0 Å². The van der Waals surface area contributed by atoms with Gasteiger partial charge in [-0.2, -0.15) is 5.26 Å². The summed E-state index contributed by atoms with van der Waals surface area (Å²) in [5.41, 5.74) is 7.81. The third-order valence-corrected chi connectivity index (χ3v) is 2.33. The van der Waals surface area contributed by atoms with E-state index in [0.717, 1.165) is 16.5 Å². The number of nitrogens with two attached hydrogens (primary N) is 1. The number of hydrogen-bond acceptors (Lipinski definition) is 2. The number of rotatable bonds is 2. The third-order valence-electron chi connectivity index (χ3n) is 2.33. The van der Waals surface area contributed by atoms with Crippen LogP contribution in [0.2, 0.25) is 0 Å². The van der Waals surface area contributed by atoms with Crippen LogP contribution in [-0.2, 0) is 13.1 Å². The van der Waals surface area contributed by atoms with Crippen molar-refractivity contribution < 1.29 is 0 Å². The van der Waals surface area contributed by atoms with E-state index < -0.39 is 0 Å². The molecule has 0 radical (unpaired) electrons. The van der Waals surface area contributed by atoms with E-state index in [-0.39, 0.29) is 0 Å². The predicted molar refractivity (Wildman–Crippen MR) is 55.4 cm³/mol. The van der Waals surface area contributed by atoms with Crippen molar-refractivity contribution in [1.29, 1.82) is 5.26 Å². The van der Waals surface area contributed by atoms with Crippen LogP contribution in [0.15, 0.2) is 30.5 Å². The fourth-order valence-corrected chi connectivity index (χ4v) is 1.71. The van der Waals surface area contributed by atoms with Crippen molar-refractivity contribution in [2.45, 2.75) is 13.1 Å². The molecule has 0 aliphatic rings. The molecule has 2 rings (SSSR count). The first kappa shape index (κ1) is 8.79. The topological polar surface area (TPSA) is 54.7 Å². The molecular formula is C11H11N3. The maximum atomic E-state index is 8.66. The molecule has 14 heavy (non-hydrogen) atoms. The summed E-state index contributed by atoms with van der Waals surface area (Å²) in [5.74, 6) is 0. The fraction of sp³-hybridized carbons (Fsp3) is 0.182. The molecule has 2 N–H and O–H groups in total. The molecule has 70 valence electrons. The Morgan fingerprint density at radius 2 is 2.21 bits per heavy atom. The monoisotopic (exact) mass is 185 g/mol. The lowest BCUT2D eigenvalue weighted by molar-refractivity contribution is 0.865. The second-order valence-corrected chi connectivity index (χ2v) is 3.16. The standard InChI is InChI=1S/C11H11N3/c12-5-7-14-6-4-9-2-1-3-10(8-13)11(9)14/h1-4,6H,7-8,13H2. The molecule has 0 spiro atoms. The Hall–Kier alpha value is -1.79. The summed E-state index contributed by atoms with van der Waals surface area (Å²) >= 11 is 0. The minimum absolute atomic E-state index is 0.376. The van der Waals surface area contributed by atoms with E-state index in [1.165, 1.54) is 0 Å². The molecule has 3 nitrogen and oxygen atoms in total. The van der Waals surface area contributed by atoms with Gasteiger partial charge in [0.2, 0.25) is 0 Å². The van der Waals surface area contributed by atoms with Gasteiger partial charge in [-0.25, -0.2) is 0 Å². The van der Waals surface area contributed by atoms with Gasteiger partial charge in [-0.1, -0.05) is 18.2 Å². The molecule has 1 heterocycles. The largest absolute Gasteiger partial charge is 0.333 e. The molecule has 3 heteroatoms. The van der Waals surface area contributed by atoms with Crippen LogP contribution in [0.5, 0.6) is 0 Å². The van der Waals surface area contributed by atoms with Crippen LogP contribution < -0.4 is 5.73 Å². The average molecular weight is 185 g/mol. The highest BCUT2D eigenvalue weighted by Crippen LogP contribution is 2.19. The van der Waals surface area contributed by atoms with Crippen molar-refractivity contribution in [3.63, 3.8) is 0 Å². The molecule has 0 saturated carbocycles. The van der Waals surface area contributed by atoms with Gasteiger partial charge in [0.25, 0.3) is 0 Å². The second kappa shape index (κ2) is 3.52. The fourth-order valence-electron chi connectivity index (χ4n) is 1.71. The van der Waals surface area contributed by atoms with E-state index in [4.69, 9.17) is 11.0 Å². The zero-order chi connectivity index (χ0) is 9.97. The Bertz CT molecular complexity index is 491. The Labute approximate surface area is 82.4 Å². The van der Waals surface area contributed by atoms with Crippen molar-refractivity contribution >= 4 is 10.9 Å². The first-order valence-corrected chi connectivity index (χ1v) is 4.50. The lowest BCUT2D eigenvalue weighted by atomic mass is 10.1. The maximum Gasteiger partial charge on any atom is 0.110 e. The maximum absolute atomic E-state index is 8.66. The lowest BCUT2D eigenvalue weighted by Crippen LogP contribution is -2.01. The van der Waals surface area contributed by atoms with Crippen molar-refractivity contribution in [1.82, 2.24) is 4.57 Å². The molecule has 0 unspecified atom stereocenters. The van der Waals surface area contributed by atoms with Gasteiger partial charge >= 0.3 is 0 Å². The van der Waals surface area contributed by atoms with E-state index in [0.29, 0.717) is 13.1 Å². The summed E-state index contributed by atoms with van der Waals surface area (Å²) in [6, 6.07) is 10.2. The van der Waals surface area contributed by atoms with Crippen LogP contribution in [0.25, 0.3) is 10.9 Å². The average Bonchev–Trinajstić information content (AvgIpc) is 2.62. The molecule has 0 aliphatic carbocycles. The Morgan fingerprint density at radius 3 is 2.93 bits per heavy atom. The van der Waals surface area contributed by atoms with Crippen LogP contribution in [-0.4, -0.2) is 4.57 Å². The van der Waals surface area contributed by atoms with E-state index in [1.807, 2.05) is 35.0 Å². The molecule has 2 aromatic rings. The van der Waals surface area contributed by atoms with Gasteiger partial charge in [0.15, 0.2) is 0 Å². The third kappa shape index (κ3) is 1.26. The van der Waals surface area contributed by atoms with Crippen molar-refractivity contribution in [2.24, 2.45) is 5.73 Å². The summed E-state index contributed by atoms with van der Waals surface area (Å²) in [6.45, 7) is 0.882. The summed E-state index contributed by atoms with van der Waals surface area (Å²) < 4.78 is 1.93.